The van der Waals surface area contributed by atoms with Gasteiger partial charge in [0.25, 0.3) is 5.91 Å². The van der Waals surface area contributed by atoms with Crippen molar-refractivity contribution in [2.24, 2.45) is 13.0 Å². The fraction of sp³-hybridized carbons (Fsp3) is 0.500. The Balaban J connectivity index is 1.85. The summed E-state index contributed by atoms with van der Waals surface area (Å²) in [7, 11) is 1.91. The van der Waals surface area contributed by atoms with Crippen molar-refractivity contribution in [3.8, 4) is 0 Å². The van der Waals surface area contributed by atoms with Gasteiger partial charge in [0, 0.05) is 25.8 Å². The topological polar surface area (TPSA) is 76.4 Å². The van der Waals surface area contributed by atoms with Gasteiger partial charge in [-0.2, -0.15) is 0 Å². The number of imidazole rings is 1. The first-order valence-corrected chi connectivity index (χ1v) is 7.42. The highest BCUT2D eigenvalue weighted by Gasteiger charge is 2.11. The molecule has 6 nitrogen and oxygen atoms in total. The van der Waals surface area contributed by atoms with Crippen LogP contribution >= 0.6 is 0 Å². The number of rotatable bonds is 7. The lowest BCUT2D eigenvalue weighted by atomic mass is 10.2. The first-order valence-electron chi connectivity index (χ1n) is 7.42. The number of hydrogen-bond donors (Lipinski definition) is 2. The molecule has 0 aliphatic rings. The highest BCUT2D eigenvalue weighted by molar-refractivity contribution is 5.97. The Hall–Kier alpha value is -1.92. The van der Waals surface area contributed by atoms with Gasteiger partial charge in [0.2, 0.25) is 0 Å². The number of aryl methyl sites for hydroxylation is 1. The number of aliphatic hydroxyl groups is 1. The molecule has 1 amide bonds. The maximum atomic E-state index is 12.1. The quantitative estimate of drug-likeness (QED) is 0.809. The molecule has 2 aromatic rings. The average Bonchev–Trinajstić information content (AvgIpc) is 2.85. The molecule has 1 heterocycles. The van der Waals surface area contributed by atoms with Gasteiger partial charge in [0.15, 0.2) is 0 Å². The van der Waals surface area contributed by atoms with Gasteiger partial charge in [-0.3, -0.25) is 4.79 Å². The number of carbonyl (C=O) groups is 1. The molecule has 2 N–H and O–H groups in total. The number of benzene rings is 1. The lowest BCUT2D eigenvalue weighted by Crippen LogP contribution is -2.34. The smallest absolute Gasteiger partial charge is 0.251 e. The minimum Gasteiger partial charge on any atom is -0.389 e. The second kappa shape index (κ2) is 7.38. The van der Waals surface area contributed by atoms with E-state index in [-0.39, 0.29) is 19.1 Å². The zero-order chi connectivity index (χ0) is 16.1. The summed E-state index contributed by atoms with van der Waals surface area (Å²) in [5, 5.41) is 12.5. The molecule has 0 spiro atoms. The fourth-order valence-electron chi connectivity index (χ4n) is 2.09. The molecule has 0 fully saturated rings. The maximum Gasteiger partial charge on any atom is 0.251 e. The van der Waals surface area contributed by atoms with Gasteiger partial charge in [-0.1, -0.05) is 13.8 Å². The lowest BCUT2D eigenvalue weighted by molar-refractivity contribution is 0.0259. The minimum atomic E-state index is -0.707. The molecule has 1 unspecified atom stereocenters. The molecule has 1 atom stereocenters. The van der Waals surface area contributed by atoms with Gasteiger partial charge >= 0.3 is 0 Å². The van der Waals surface area contributed by atoms with Gasteiger partial charge in [0.1, 0.15) is 0 Å². The number of aromatic nitrogens is 2. The second-order valence-electron chi connectivity index (χ2n) is 5.85. The maximum absolute atomic E-state index is 12.1. The summed E-state index contributed by atoms with van der Waals surface area (Å²) in [4.78, 5) is 16.3. The second-order valence-corrected chi connectivity index (χ2v) is 5.85. The molecular formula is C16H23N3O3. The average molecular weight is 305 g/mol. The number of fused-ring (bicyclic) bond motifs is 1. The Bertz CT molecular complexity index is 637. The molecule has 1 aromatic carbocycles. The van der Waals surface area contributed by atoms with Crippen LogP contribution in [0.25, 0.3) is 11.0 Å². The van der Waals surface area contributed by atoms with E-state index >= 15 is 0 Å². The third-order valence-corrected chi connectivity index (χ3v) is 3.25. The van der Waals surface area contributed by atoms with E-state index in [2.05, 4.69) is 10.3 Å². The highest BCUT2D eigenvalue weighted by atomic mass is 16.5. The number of carbonyl (C=O) groups excluding carboxylic acids is 1. The number of amides is 1. The number of nitrogens with one attached hydrogen (secondary N) is 1. The van der Waals surface area contributed by atoms with E-state index in [4.69, 9.17) is 4.74 Å². The van der Waals surface area contributed by atoms with Crippen molar-refractivity contribution in [2.75, 3.05) is 19.8 Å². The zero-order valence-electron chi connectivity index (χ0n) is 13.2. The van der Waals surface area contributed by atoms with Crippen molar-refractivity contribution in [2.45, 2.75) is 20.0 Å². The summed E-state index contributed by atoms with van der Waals surface area (Å²) in [6.07, 6.45) is 1.00. The van der Waals surface area contributed by atoms with Crippen LogP contribution in [0.1, 0.15) is 24.2 Å². The standard InChI is InChI=1S/C16H23N3O3/c1-11(2)8-22-9-13(20)7-17-16(21)12-4-5-15-14(6-12)18-10-19(15)3/h4-6,10-11,13,20H,7-9H2,1-3H3,(H,17,21). The lowest BCUT2D eigenvalue weighted by Gasteiger charge is -2.13. The van der Waals surface area contributed by atoms with Crippen LogP contribution in [0.4, 0.5) is 0 Å². The first-order chi connectivity index (χ1) is 10.5. The molecule has 0 aliphatic heterocycles. The van der Waals surface area contributed by atoms with Gasteiger partial charge < -0.3 is 19.7 Å². The van der Waals surface area contributed by atoms with Crippen LogP contribution in [0.2, 0.25) is 0 Å². The van der Waals surface area contributed by atoms with Crippen molar-refractivity contribution in [3.63, 3.8) is 0 Å². The van der Waals surface area contributed by atoms with E-state index in [0.29, 0.717) is 18.1 Å². The van der Waals surface area contributed by atoms with E-state index < -0.39 is 6.10 Å². The summed E-state index contributed by atoms with van der Waals surface area (Å²) >= 11 is 0. The Kier molecular flexibility index (Phi) is 5.51. The van der Waals surface area contributed by atoms with Crippen molar-refractivity contribution in [3.05, 3.63) is 30.1 Å². The zero-order valence-corrected chi connectivity index (χ0v) is 13.2. The van der Waals surface area contributed by atoms with Gasteiger partial charge in [0.05, 0.1) is 30.1 Å². The monoisotopic (exact) mass is 305 g/mol. The Labute approximate surface area is 130 Å². The number of nitrogens with zero attached hydrogens (tertiary/aromatic N) is 2. The summed E-state index contributed by atoms with van der Waals surface area (Å²) < 4.78 is 7.24. The molecule has 2 rings (SSSR count). The van der Waals surface area contributed by atoms with Crippen LogP contribution in [0.5, 0.6) is 0 Å². The molecule has 0 bridgehead atoms. The number of hydrogen-bond acceptors (Lipinski definition) is 4. The van der Waals surface area contributed by atoms with Gasteiger partial charge in [-0.15, -0.1) is 0 Å². The van der Waals surface area contributed by atoms with Crippen LogP contribution in [-0.2, 0) is 11.8 Å². The van der Waals surface area contributed by atoms with E-state index in [1.165, 1.54) is 0 Å². The summed E-state index contributed by atoms with van der Waals surface area (Å²) in [6.45, 7) is 5.07. The van der Waals surface area contributed by atoms with Crippen LogP contribution < -0.4 is 5.32 Å². The van der Waals surface area contributed by atoms with E-state index in [1.54, 1.807) is 18.5 Å². The molecule has 120 valence electrons. The Morgan fingerprint density at radius 3 is 2.91 bits per heavy atom. The third-order valence-electron chi connectivity index (χ3n) is 3.25. The van der Waals surface area contributed by atoms with Crippen molar-refractivity contribution in [1.29, 1.82) is 0 Å². The largest absolute Gasteiger partial charge is 0.389 e. The Morgan fingerprint density at radius 1 is 1.41 bits per heavy atom. The summed E-state index contributed by atoms with van der Waals surface area (Å²) in [5.74, 6) is 0.197. The molecule has 0 aliphatic carbocycles. The molecule has 1 aromatic heterocycles. The number of aliphatic hydroxyl groups excluding tert-OH is 1. The van der Waals surface area contributed by atoms with E-state index in [1.807, 2.05) is 31.5 Å². The molecule has 6 heteroatoms. The van der Waals surface area contributed by atoms with Crippen LogP contribution in [0.15, 0.2) is 24.5 Å². The Morgan fingerprint density at radius 2 is 2.18 bits per heavy atom. The van der Waals surface area contributed by atoms with Crippen LogP contribution in [0, 0.1) is 5.92 Å². The van der Waals surface area contributed by atoms with Crippen LogP contribution in [-0.4, -0.2) is 46.4 Å². The van der Waals surface area contributed by atoms with Crippen molar-refractivity contribution in [1.82, 2.24) is 14.9 Å². The summed E-state index contributed by atoms with van der Waals surface area (Å²) in [6, 6.07) is 5.35. The fourth-order valence-corrected chi connectivity index (χ4v) is 2.09. The summed E-state index contributed by atoms with van der Waals surface area (Å²) in [5.41, 5.74) is 2.27. The van der Waals surface area contributed by atoms with Crippen LogP contribution in [0.3, 0.4) is 0 Å². The SMILES string of the molecule is CC(C)COCC(O)CNC(=O)c1ccc2c(c1)ncn2C. The minimum absolute atomic E-state index is 0.164. The van der Waals surface area contributed by atoms with Gasteiger partial charge in [-0.25, -0.2) is 4.98 Å². The molecule has 22 heavy (non-hydrogen) atoms. The first kappa shape index (κ1) is 16.5. The van der Waals surface area contributed by atoms with Crippen molar-refractivity contribution >= 4 is 16.9 Å². The van der Waals surface area contributed by atoms with Gasteiger partial charge in [-0.05, 0) is 24.1 Å². The predicted octanol–water partition coefficient (Wildman–Crippen LogP) is 1.34. The molecule has 0 saturated heterocycles. The van der Waals surface area contributed by atoms with E-state index in [9.17, 15) is 9.90 Å². The predicted molar refractivity (Wildman–Crippen MR) is 84.7 cm³/mol. The highest BCUT2D eigenvalue weighted by Crippen LogP contribution is 2.13. The number of ether oxygens (including phenoxy) is 1. The van der Waals surface area contributed by atoms with E-state index in [0.717, 1.165) is 11.0 Å². The molecule has 0 radical (unpaired) electrons. The molecule has 0 saturated carbocycles. The normalized spacial score (nSPS) is 12.8. The van der Waals surface area contributed by atoms with Crippen molar-refractivity contribution < 1.29 is 14.6 Å². The molecular weight excluding hydrogens is 282 g/mol. The third kappa shape index (κ3) is 4.29.